The van der Waals surface area contributed by atoms with E-state index in [1.807, 2.05) is 25.4 Å². The summed E-state index contributed by atoms with van der Waals surface area (Å²) >= 11 is 0. The van der Waals surface area contributed by atoms with Gasteiger partial charge in [-0.1, -0.05) is 0 Å². The zero-order valence-electron chi connectivity index (χ0n) is 13.2. The molecule has 3 rings (SSSR count). The predicted molar refractivity (Wildman–Crippen MR) is 86.9 cm³/mol. The van der Waals surface area contributed by atoms with Gasteiger partial charge in [0.25, 0.3) is 0 Å². The minimum absolute atomic E-state index is 0.643. The van der Waals surface area contributed by atoms with Crippen LogP contribution in [0.1, 0.15) is 5.56 Å². The summed E-state index contributed by atoms with van der Waals surface area (Å²) in [5.41, 5.74) is 6.33. The van der Waals surface area contributed by atoms with E-state index in [2.05, 4.69) is 31.4 Å². The van der Waals surface area contributed by atoms with E-state index < -0.39 is 0 Å². The molecule has 1 fully saturated rings. The number of hydrogen-bond donors (Lipinski definition) is 1. The lowest BCUT2D eigenvalue weighted by atomic mass is 10.1. The summed E-state index contributed by atoms with van der Waals surface area (Å²) in [6.07, 6.45) is 2.85. The van der Waals surface area contributed by atoms with E-state index in [-0.39, 0.29) is 0 Å². The molecule has 0 radical (unpaired) electrons. The van der Waals surface area contributed by atoms with E-state index in [4.69, 9.17) is 4.74 Å². The van der Waals surface area contributed by atoms with Gasteiger partial charge in [0.05, 0.1) is 18.1 Å². The Balaban J connectivity index is 1.69. The molecule has 2 aromatic heterocycles. The lowest BCUT2D eigenvalue weighted by Crippen LogP contribution is -2.51. The number of fused-ring (bicyclic) bond motifs is 1. The third-order valence-corrected chi connectivity index (χ3v) is 4.24. The fourth-order valence-corrected chi connectivity index (χ4v) is 2.85. The number of pyridine rings is 2. The van der Waals surface area contributed by atoms with Crippen molar-refractivity contribution in [1.29, 1.82) is 0 Å². The van der Waals surface area contributed by atoms with Gasteiger partial charge in [0, 0.05) is 45.0 Å². The van der Waals surface area contributed by atoms with Gasteiger partial charge in [-0.2, -0.15) is 0 Å². The number of methoxy groups -OCH3 is 1. The van der Waals surface area contributed by atoms with Gasteiger partial charge in [0.15, 0.2) is 0 Å². The van der Waals surface area contributed by atoms with Gasteiger partial charge in [-0.3, -0.25) is 10.4 Å². The molecule has 0 aromatic carbocycles. The first-order chi connectivity index (χ1) is 10.8. The van der Waals surface area contributed by atoms with Crippen molar-refractivity contribution < 1.29 is 4.74 Å². The first kappa shape index (κ1) is 15.1. The van der Waals surface area contributed by atoms with Gasteiger partial charge in [0.1, 0.15) is 0 Å². The first-order valence-corrected chi connectivity index (χ1v) is 7.73. The van der Waals surface area contributed by atoms with Crippen LogP contribution in [0.3, 0.4) is 0 Å². The Morgan fingerprint density at radius 3 is 2.73 bits per heavy atom. The molecule has 118 valence electrons. The monoisotopic (exact) mass is 301 g/mol. The summed E-state index contributed by atoms with van der Waals surface area (Å²) in [6, 6.07) is 5.89. The Labute approximate surface area is 131 Å². The fourth-order valence-electron chi connectivity index (χ4n) is 2.85. The molecular formula is C16H23N5O. The third-order valence-electron chi connectivity index (χ3n) is 4.24. The molecule has 0 amide bonds. The maximum absolute atomic E-state index is 5.23. The molecule has 0 bridgehead atoms. The summed E-state index contributed by atoms with van der Waals surface area (Å²) in [6.45, 7) is 5.39. The van der Waals surface area contributed by atoms with E-state index in [1.165, 1.54) is 5.56 Å². The van der Waals surface area contributed by atoms with Crippen molar-refractivity contribution in [3.8, 4) is 5.88 Å². The third kappa shape index (κ3) is 3.35. The number of piperazine rings is 1. The van der Waals surface area contributed by atoms with Crippen LogP contribution < -0.4 is 10.2 Å². The zero-order valence-corrected chi connectivity index (χ0v) is 13.2. The number of aromatic nitrogens is 2. The standard InChI is InChI=1S/C16H23N5O/c1-17-21-11-9-20(10-12-21)8-6-13-5-7-18-14-3-4-15(22-2)19-16(13)14/h3-5,7,17H,6,8-12H2,1-2H3. The Morgan fingerprint density at radius 2 is 2.00 bits per heavy atom. The Hall–Kier alpha value is -1.76. The molecule has 22 heavy (non-hydrogen) atoms. The van der Waals surface area contributed by atoms with Crippen LogP contribution in [0.2, 0.25) is 0 Å². The van der Waals surface area contributed by atoms with Crippen LogP contribution in [0.25, 0.3) is 11.0 Å². The zero-order chi connectivity index (χ0) is 15.4. The normalized spacial score (nSPS) is 17.0. The maximum Gasteiger partial charge on any atom is 0.213 e. The number of hydrazine groups is 1. The fraction of sp³-hybridized carbons (Fsp3) is 0.500. The van der Waals surface area contributed by atoms with Gasteiger partial charge < -0.3 is 9.64 Å². The molecule has 1 saturated heterocycles. The smallest absolute Gasteiger partial charge is 0.213 e. The summed E-state index contributed by atoms with van der Waals surface area (Å²) < 4.78 is 5.23. The molecule has 0 unspecified atom stereocenters. The topological polar surface area (TPSA) is 53.5 Å². The SMILES string of the molecule is CNN1CCN(CCc2ccnc3ccc(OC)nc23)CC1. The van der Waals surface area contributed by atoms with Crippen LogP contribution in [0.5, 0.6) is 5.88 Å². The van der Waals surface area contributed by atoms with Gasteiger partial charge in [0.2, 0.25) is 5.88 Å². The summed E-state index contributed by atoms with van der Waals surface area (Å²) in [5, 5.41) is 2.25. The second-order valence-electron chi connectivity index (χ2n) is 5.49. The van der Waals surface area contributed by atoms with E-state index in [0.717, 1.165) is 50.2 Å². The summed E-state index contributed by atoms with van der Waals surface area (Å²) in [5.74, 6) is 0.643. The van der Waals surface area contributed by atoms with Crippen LogP contribution in [-0.4, -0.2) is 66.8 Å². The number of hydrogen-bond acceptors (Lipinski definition) is 6. The quantitative estimate of drug-likeness (QED) is 0.887. The van der Waals surface area contributed by atoms with Crippen LogP contribution in [0, 0.1) is 0 Å². The van der Waals surface area contributed by atoms with E-state index in [9.17, 15) is 0 Å². The molecular weight excluding hydrogens is 278 g/mol. The molecule has 1 N–H and O–H groups in total. The van der Waals surface area contributed by atoms with Crippen LogP contribution in [0.15, 0.2) is 24.4 Å². The van der Waals surface area contributed by atoms with Crippen molar-refractivity contribution in [3.05, 3.63) is 30.0 Å². The number of rotatable bonds is 5. The minimum Gasteiger partial charge on any atom is -0.481 e. The summed E-state index contributed by atoms with van der Waals surface area (Å²) in [4.78, 5) is 11.4. The number of nitrogens with zero attached hydrogens (tertiary/aromatic N) is 4. The van der Waals surface area contributed by atoms with Crippen LogP contribution >= 0.6 is 0 Å². The average Bonchev–Trinajstić information content (AvgIpc) is 2.59. The minimum atomic E-state index is 0.643. The molecule has 0 spiro atoms. The molecule has 0 aliphatic carbocycles. The maximum atomic E-state index is 5.23. The lowest BCUT2D eigenvalue weighted by Gasteiger charge is -2.34. The highest BCUT2D eigenvalue weighted by molar-refractivity contribution is 5.78. The average molecular weight is 301 g/mol. The van der Waals surface area contributed by atoms with Crippen LogP contribution in [0.4, 0.5) is 0 Å². The van der Waals surface area contributed by atoms with E-state index in [0.29, 0.717) is 5.88 Å². The van der Waals surface area contributed by atoms with Crippen molar-refractivity contribution in [2.45, 2.75) is 6.42 Å². The highest BCUT2D eigenvalue weighted by Gasteiger charge is 2.15. The second kappa shape index (κ2) is 7.00. The van der Waals surface area contributed by atoms with Crippen molar-refractivity contribution in [2.75, 3.05) is 46.9 Å². The molecule has 1 aliphatic heterocycles. The number of ether oxygens (including phenoxy) is 1. The molecule has 1 aliphatic rings. The van der Waals surface area contributed by atoms with Crippen LogP contribution in [-0.2, 0) is 6.42 Å². The second-order valence-corrected chi connectivity index (χ2v) is 5.49. The summed E-state index contributed by atoms with van der Waals surface area (Å²) in [7, 11) is 3.63. The molecule has 6 heteroatoms. The van der Waals surface area contributed by atoms with Crippen molar-refractivity contribution in [1.82, 2.24) is 25.3 Å². The lowest BCUT2D eigenvalue weighted by molar-refractivity contribution is 0.0999. The van der Waals surface area contributed by atoms with Gasteiger partial charge >= 0.3 is 0 Å². The predicted octanol–water partition coefficient (Wildman–Crippen LogP) is 0.933. The largest absolute Gasteiger partial charge is 0.481 e. The van der Waals surface area contributed by atoms with Crippen molar-refractivity contribution in [3.63, 3.8) is 0 Å². The first-order valence-electron chi connectivity index (χ1n) is 7.73. The molecule has 2 aromatic rings. The van der Waals surface area contributed by atoms with E-state index >= 15 is 0 Å². The van der Waals surface area contributed by atoms with E-state index in [1.54, 1.807) is 7.11 Å². The van der Waals surface area contributed by atoms with Crippen molar-refractivity contribution >= 4 is 11.0 Å². The molecule has 0 saturated carbocycles. The molecule has 3 heterocycles. The van der Waals surface area contributed by atoms with Gasteiger partial charge in [-0.25, -0.2) is 9.99 Å². The van der Waals surface area contributed by atoms with Gasteiger partial charge in [-0.05, 0) is 31.2 Å². The highest BCUT2D eigenvalue weighted by Crippen LogP contribution is 2.19. The van der Waals surface area contributed by atoms with Crippen molar-refractivity contribution in [2.24, 2.45) is 0 Å². The molecule has 0 atom stereocenters. The Morgan fingerprint density at radius 1 is 1.18 bits per heavy atom. The highest BCUT2D eigenvalue weighted by atomic mass is 16.5. The Bertz CT molecular complexity index is 625. The Kier molecular flexibility index (Phi) is 4.82. The number of nitrogens with one attached hydrogen (secondary N) is 1. The molecule has 6 nitrogen and oxygen atoms in total. The van der Waals surface area contributed by atoms with Gasteiger partial charge in [-0.15, -0.1) is 0 Å².